The number of rotatable bonds is 11. The molecular weight excluding hydrogens is 1480 g/mol. The predicted molar refractivity (Wildman–Crippen MR) is 385 cm³/mol. The molecule has 16 rings (SSSR count). The Hall–Kier alpha value is -9.97. The number of ether oxygens (including phenoxy) is 6. The summed E-state index contributed by atoms with van der Waals surface area (Å²) in [5, 5.41) is 117. The van der Waals surface area contributed by atoms with Crippen LogP contribution in [0, 0.1) is 29.6 Å². The lowest BCUT2D eigenvalue weighted by Crippen LogP contribution is -2.65. The van der Waals surface area contributed by atoms with Crippen molar-refractivity contribution in [3.05, 3.63) is 117 Å². The topological polar surface area (TPSA) is 496 Å². The standard InChI is InChI=1S/C75H86Cl2N10O23/c1-28(2)13-43(87(6)74(104)110-75(3,4)5)66(97)85-57-59(92)32-8-11-46(40(76)20-32)105-48-22-36-23-49(63(48)108-72-62(95)61(94)64-50(107-72)27-79-73(103)109-64)106-47-12-9-33(21-41(47)77)60(93)58-71(102)84-56(69(100)81-53-34-15-29-14-30(17-34)18-35(53)16-29)39-24-37(88)25-45(90)52(39)38-19-31(7-10-44(38)89)54(67(98)86-58)83-68(99)55(36)82-65(96)42(26-51(78)91)80-70(57)101/h7-12,19-25,28-30,34-35,42-43,50,53-62,64,71-72,84,88-90,92-95,102H,13-18,26-27H2,1-6H3,(H2,78,91)(H,79,103)(H,80,101)(H,81,100)(H,82,96)(H,83,99)(H,85,97)(H,86,98)/t29?,30?,34?,35?,42-,43+,50?,53?,54+,55+,56-,57+,58?,59+,60+,61?,62?,64?,71?,72?/m0/s1. The minimum Gasteiger partial charge on any atom is -0.508 e. The summed E-state index contributed by atoms with van der Waals surface area (Å²) in [6.07, 6.45) is -13.5. The van der Waals surface area contributed by atoms with Crippen LogP contribution < -0.4 is 62.5 Å². The highest BCUT2D eigenvalue weighted by Crippen LogP contribution is 2.55. The molecule has 588 valence electrons. The van der Waals surface area contributed by atoms with E-state index in [1.165, 1.54) is 43.4 Å². The van der Waals surface area contributed by atoms with Gasteiger partial charge < -0.3 is 112 Å². The Balaban J connectivity index is 0.985. The number of carbonyl (C=O) groups excluding carboxylic acids is 9. The first-order valence-corrected chi connectivity index (χ1v) is 36.8. The van der Waals surface area contributed by atoms with Crippen LogP contribution in [-0.2, 0) is 47.8 Å². The van der Waals surface area contributed by atoms with Crippen molar-refractivity contribution in [2.24, 2.45) is 35.3 Å². The van der Waals surface area contributed by atoms with Gasteiger partial charge in [-0.1, -0.05) is 55.2 Å². The number of likely N-dealkylation sites (N-methyl/N-ethyl adjacent to an activating group) is 1. The van der Waals surface area contributed by atoms with Crippen molar-refractivity contribution in [3.63, 3.8) is 0 Å². The average molecular weight is 1570 g/mol. The zero-order chi connectivity index (χ0) is 79.0. The summed E-state index contributed by atoms with van der Waals surface area (Å²) < 4.78 is 36.8. The Bertz CT molecular complexity index is 4480. The third-order valence-electron chi connectivity index (χ3n) is 21.3. The lowest BCUT2D eigenvalue weighted by Gasteiger charge is -2.54. The summed E-state index contributed by atoms with van der Waals surface area (Å²) in [4.78, 5) is 133. The van der Waals surface area contributed by atoms with E-state index in [0.29, 0.717) is 11.8 Å². The number of primary amides is 1. The largest absolute Gasteiger partial charge is 0.508 e. The van der Waals surface area contributed by atoms with E-state index in [0.717, 1.165) is 79.5 Å². The van der Waals surface area contributed by atoms with E-state index >= 15 is 24.0 Å². The smallest absolute Gasteiger partial charge is 0.410 e. The molecule has 7 unspecified atom stereocenters. The van der Waals surface area contributed by atoms with E-state index in [2.05, 4.69) is 42.5 Å². The van der Waals surface area contributed by atoms with E-state index in [-0.39, 0.29) is 91.7 Å². The third-order valence-corrected chi connectivity index (χ3v) is 21.9. The molecule has 5 aromatic carbocycles. The number of phenolic OH excluding ortho intramolecular Hbond substituents is 3. The van der Waals surface area contributed by atoms with E-state index in [1.807, 2.05) is 0 Å². The highest BCUT2D eigenvalue weighted by atomic mass is 35.5. The maximum Gasteiger partial charge on any atom is 0.410 e. The highest BCUT2D eigenvalue weighted by molar-refractivity contribution is 6.32. The molecule has 110 heavy (non-hydrogen) atoms. The molecule has 4 aliphatic carbocycles. The highest BCUT2D eigenvalue weighted by Gasteiger charge is 2.53. The first-order valence-electron chi connectivity index (χ1n) is 36.1. The number of aliphatic hydroxyl groups excluding tert-OH is 5. The lowest BCUT2D eigenvalue weighted by molar-refractivity contribution is -0.275. The second kappa shape index (κ2) is 31.1. The summed E-state index contributed by atoms with van der Waals surface area (Å²) in [6, 6.07) is 0.471. The summed E-state index contributed by atoms with van der Waals surface area (Å²) in [5.41, 5.74) is 2.89. The minimum atomic E-state index is -2.31. The van der Waals surface area contributed by atoms with Crippen molar-refractivity contribution in [3.8, 4) is 57.1 Å². The molecule has 7 aliphatic heterocycles. The Morgan fingerprint density at radius 2 is 1.28 bits per heavy atom. The number of nitrogens with one attached hydrogen (secondary N) is 8. The number of carbonyl (C=O) groups is 9. The number of hydrogen-bond acceptors (Lipinski definition) is 24. The van der Waals surface area contributed by atoms with Crippen LogP contribution in [0.5, 0.6) is 46.0 Å². The number of hydrogen-bond donors (Lipinski definition) is 17. The van der Waals surface area contributed by atoms with Crippen molar-refractivity contribution in [2.45, 2.75) is 183 Å². The van der Waals surface area contributed by atoms with Crippen LogP contribution in [0.2, 0.25) is 10.0 Å². The van der Waals surface area contributed by atoms with Gasteiger partial charge in [-0.25, -0.2) is 9.59 Å². The summed E-state index contributed by atoms with van der Waals surface area (Å²) >= 11 is 14.3. The van der Waals surface area contributed by atoms with Crippen LogP contribution in [-0.4, -0.2) is 186 Å². The van der Waals surface area contributed by atoms with Gasteiger partial charge in [0.1, 0.15) is 107 Å². The molecule has 35 heteroatoms. The van der Waals surface area contributed by atoms with Crippen LogP contribution in [0.1, 0.15) is 138 Å². The van der Waals surface area contributed by atoms with Gasteiger partial charge in [0.15, 0.2) is 17.6 Å². The quantitative estimate of drug-likeness (QED) is 0.0891. The van der Waals surface area contributed by atoms with Gasteiger partial charge in [-0.15, -0.1) is 0 Å². The zero-order valence-corrected chi connectivity index (χ0v) is 61.8. The predicted octanol–water partition coefficient (Wildman–Crippen LogP) is 3.92. The van der Waals surface area contributed by atoms with Gasteiger partial charge in [0.2, 0.25) is 53.4 Å². The monoisotopic (exact) mass is 1560 g/mol. The van der Waals surface area contributed by atoms with Crippen molar-refractivity contribution in [1.29, 1.82) is 0 Å². The molecular formula is C75H86Cl2N10O23. The fraction of sp³-hybridized carbons (Fsp3) is 0.480. The van der Waals surface area contributed by atoms with Crippen LogP contribution in [0.4, 0.5) is 9.59 Å². The SMILES string of the molecule is CC(C)C[C@H](C(=O)N[C@H]1C(=O)N[C@@H](CC(N)=O)C(=O)N[C@H]2C(=O)N[C@H]3C(=O)NC(C(O)N[C@H](C(=O)NC4C5CC6CC(C5)CC4C6)c4cc(O)cc(O)c4-c4cc3ccc4O)[C@H](O)c3ccc(c(Cl)c3)Oc3cc2cc(c3OC2OC3CNC(=O)OC3C(O)C2O)Oc2ccc(cc2Cl)[C@H]1O)N(C)C(=O)OC(C)(C)C. The lowest BCUT2D eigenvalue weighted by atomic mass is 9.54. The van der Waals surface area contributed by atoms with Gasteiger partial charge in [0.25, 0.3) is 0 Å². The maximum absolute atomic E-state index is 16.2. The van der Waals surface area contributed by atoms with E-state index in [1.54, 1.807) is 34.6 Å². The molecule has 9 amide bonds. The van der Waals surface area contributed by atoms with Crippen molar-refractivity contribution in [2.75, 3.05) is 13.6 Å². The fourth-order valence-electron chi connectivity index (χ4n) is 16.3. The van der Waals surface area contributed by atoms with Crippen molar-refractivity contribution < 1.29 is 112 Å². The summed E-state index contributed by atoms with van der Waals surface area (Å²) in [7, 11) is 1.28. The van der Waals surface area contributed by atoms with Crippen LogP contribution in [0.15, 0.2) is 78.9 Å². The van der Waals surface area contributed by atoms with Gasteiger partial charge in [-0.2, -0.15) is 0 Å². The second-order valence-corrected chi connectivity index (χ2v) is 31.6. The Labute approximate surface area is 639 Å². The van der Waals surface area contributed by atoms with Gasteiger partial charge >= 0.3 is 12.2 Å². The van der Waals surface area contributed by atoms with E-state index < -0.39 is 197 Å². The molecule has 18 N–H and O–H groups in total. The summed E-state index contributed by atoms with van der Waals surface area (Å²) in [5.74, 6) is -11.9. The Morgan fingerprint density at radius 1 is 0.682 bits per heavy atom. The van der Waals surface area contributed by atoms with Crippen LogP contribution in [0.3, 0.4) is 0 Å². The summed E-state index contributed by atoms with van der Waals surface area (Å²) in [6.45, 7) is 8.02. The molecule has 0 spiro atoms. The molecule has 4 saturated carbocycles. The van der Waals surface area contributed by atoms with Crippen molar-refractivity contribution >= 4 is 76.7 Å². The average Bonchev–Trinajstić information content (AvgIpc) is 0.754. The number of halogens is 2. The number of nitrogens with two attached hydrogens (primary N) is 1. The molecule has 11 aliphatic rings. The molecule has 15 bridgehead atoms. The number of fused-ring (bicyclic) bond motifs is 16. The Kier molecular flexibility index (Phi) is 22.1. The van der Waals surface area contributed by atoms with Gasteiger partial charge in [0.05, 0.1) is 29.1 Å². The molecule has 5 aromatic rings. The molecule has 7 heterocycles. The van der Waals surface area contributed by atoms with Gasteiger partial charge in [-0.05, 0) is 171 Å². The normalized spacial score (nSPS) is 30.0. The first-order chi connectivity index (χ1) is 52.0. The van der Waals surface area contributed by atoms with Crippen LogP contribution in [0.25, 0.3) is 11.1 Å². The maximum atomic E-state index is 16.2. The number of nitrogens with zero attached hydrogens (tertiary/aromatic N) is 1. The molecule has 0 aromatic heterocycles. The number of phenols is 3. The molecule has 33 nitrogen and oxygen atoms in total. The second-order valence-electron chi connectivity index (χ2n) is 30.8. The number of benzene rings is 5. The number of aromatic hydroxyl groups is 3. The van der Waals surface area contributed by atoms with Gasteiger partial charge in [-0.3, -0.25) is 43.8 Å². The number of alkyl carbamates (subject to hydrolysis) is 1. The number of amides is 9. The molecule has 2 saturated heterocycles. The molecule has 0 radical (unpaired) electrons. The van der Waals surface area contributed by atoms with Crippen LogP contribution >= 0.6 is 23.2 Å². The van der Waals surface area contributed by atoms with Gasteiger partial charge in [0, 0.05) is 30.3 Å². The van der Waals surface area contributed by atoms with E-state index in [4.69, 9.17) is 57.4 Å². The molecule has 15 atom stereocenters. The first kappa shape index (κ1) is 78.2. The fourth-order valence-corrected chi connectivity index (χ4v) is 16.8. The molecule has 6 fully saturated rings. The van der Waals surface area contributed by atoms with E-state index in [9.17, 15) is 60.0 Å². The van der Waals surface area contributed by atoms with Crippen molar-refractivity contribution in [1.82, 2.24) is 47.4 Å². The third kappa shape index (κ3) is 16.2. The Morgan fingerprint density at radius 3 is 1.89 bits per heavy atom. The minimum absolute atomic E-state index is 0.0406. The zero-order valence-electron chi connectivity index (χ0n) is 60.3. The number of aliphatic hydroxyl groups is 5.